The van der Waals surface area contributed by atoms with Gasteiger partial charge in [0.2, 0.25) is 0 Å². The number of para-hydroxylation sites is 1. The predicted molar refractivity (Wildman–Crippen MR) is 228 cm³/mol. The Hall–Kier alpha value is -8.07. The van der Waals surface area contributed by atoms with Crippen molar-refractivity contribution in [2.24, 2.45) is 0 Å². The van der Waals surface area contributed by atoms with E-state index in [0.717, 1.165) is 94.4 Å². The van der Waals surface area contributed by atoms with Crippen LogP contribution < -0.4 is 19.4 Å². The molecule has 11 heteroatoms. The molecule has 2 aliphatic heterocycles. The zero-order valence-corrected chi connectivity index (χ0v) is 32.6. The average Bonchev–Trinajstić information content (AvgIpc) is 4.00. The van der Waals surface area contributed by atoms with Gasteiger partial charge < -0.3 is 24.5 Å². The monoisotopic (exact) mass is 843 g/mol. The van der Waals surface area contributed by atoms with E-state index in [0.29, 0.717) is 17.2 Å². The maximum absolute atomic E-state index is 11.4. The number of ether oxygens (including phenoxy) is 2. The Morgan fingerprint density at radius 3 is 1.18 bits per heavy atom. The number of carboxylic acids is 1. The number of aromatic nitrogens is 4. The fraction of sp³-hybridized carbons (Fsp3) is 0. The smallest absolute Gasteiger partial charge is 0.657 e. The Balaban J connectivity index is 0.00000116. The second-order valence-corrected chi connectivity index (χ2v) is 14.0. The van der Waals surface area contributed by atoms with Crippen LogP contribution in [0.3, 0.4) is 0 Å². The first-order chi connectivity index (χ1) is 29.4. The fourth-order valence-electron chi connectivity index (χ4n) is 7.73. The van der Waals surface area contributed by atoms with Gasteiger partial charge in [0.05, 0.1) is 28.3 Å². The summed E-state index contributed by atoms with van der Waals surface area (Å²) >= 11 is 0. The Bertz CT molecular complexity index is 3390. The number of hydrogen-bond acceptors (Lipinski definition) is 7. The van der Waals surface area contributed by atoms with Gasteiger partial charge in [-0.25, -0.2) is 14.8 Å². The Morgan fingerprint density at radius 2 is 0.787 bits per heavy atom. The van der Waals surface area contributed by atoms with Crippen LogP contribution in [0.1, 0.15) is 10.4 Å². The average molecular weight is 844 g/mol. The molecule has 5 heterocycles. The third-order valence-corrected chi connectivity index (χ3v) is 10.4. The van der Waals surface area contributed by atoms with E-state index in [1.54, 1.807) is 12.1 Å². The summed E-state index contributed by atoms with van der Waals surface area (Å²) in [5.41, 5.74) is 10.5. The number of fused-ring (bicyclic) bond motifs is 20. The van der Waals surface area contributed by atoms with E-state index in [2.05, 4.69) is 42.5 Å². The van der Waals surface area contributed by atoms with Crippen molar-refractivity contribution in [3.63, 3.8) is 0 Å². The van der Waals surface area contributed by atoms with Gasteiger partial charge in [-0.05, 0) is 106 Å². The zero-order valence-electron chi connectivity index (χ0n) is 31.7. The summed E-state index contributed by atoms with van der Waals surface area (Å²) < 4.78 is 12.5. The van der Waals surface area contributed by atoms with Crippen LogP contribution in [0.15, 0.2) is 164 Å². The molecule has 0 amide bonds. The van der Waals surface area contributed by atoms with E-state index in [1.807, 2.05) is 97.1 Å². The van der Waals surface area contributed by atoms with Crippen molar-refractivity contribution < 1.29 is 46.0 Å². The SMILES string of the molecule is O=C(O)c1ccc(Oc2ccc3c4cc5nc(cc6[n-]c(cc7nc(cc([n-]4)c3c2)-c2ccccc2-7)c2ccc(Oc3ccccc3)cc62)-c2ccccc2-5)cc1.O=C=O.[Cu+2]. The molecule has 0 aliphatic carbocycles. The Labute approximate surface area is 357 Å². The first kappa shape index (κ1) is 38.4. The maximum atomic E-state index is 11.4. The number of benzene rings is 6. The summed E-state index contributed by atoms with van der Waals surface area (Å²) in [4.78, 5) is 48.6. The fourth-order valence-corrected chi connectivity index (χ4v) is 7.73. The van der Waals surface area contributed by atoms with Crippen LogP contribution in [-0.4, -0.2) is 27.2 Å². The van der Waals surface area contributed by atoms with Crippen molar-refractivity contribution in [2.45, 2.75) is 0 Å². The number of carbonyl (C=O) groups excluding carboxylic acids is 2. The van der Waals surface area contributed by atoms with Crippen LogP contribution >= 0.6 is 0 Å². The van der Waals surface area contributed by atoms with Crippen LogP contribution in [0.4, 0.5) is 0 Å². The molecule has 1 N–H and O–H groups in total. The number of rotatable bonds is 5. The van der Waals surface area contributed by atoms with Gasteiger partial charge in [0, 0.05) is 22.3 Å². The van der Waals surface area contributed by atoms with Crippen molar-refractivity contribution in [1.82, 2.24) is 19.9 Å². The van der Waals surface area contributed by atoms with Gasteiger partial charge in [0.15, 0.2) is 0 Å². The summed E-state index contributed by atoms with van der Waals surface area (Å²) in [6.07, 6.45) is 0.250. The minimum Gasteiger partial charge on any atom is -0.657 e. The van der Waals surface area contributed by atoms with E-state index < -0.39 is 5.97 Å². The van der Waals surface area contributed by atoms with E-state index in [9.17, 15) is 9.90 Å². The topological polar surface area (TPSA) is 144 Å². The number of carbonyl (C=O) groups is 1. The maximum Gasteiger partial charge on any atom is 2.00 e. The third-order valence-electron chi connectivity index (χ3n) is 10.4. The summed E-state index contributed by atoms with van der Waals surface area (Å²) in [6.45, 7) is 0. The van der Waals surface area contributed by atoms with Crippen molar-refractivity contribution in [1.29, 1.82) is 0 Å². The van der Waals surface area contributed by atoms with Crippen molar-refractivity contribution in [3.05, 3.63) is 169 Å². The molecular formula is C50H28CuN4O6. The molecule has 8 bridgehead atoms. The molecular weight excluding hydrogens is 816 g/mol. The van der Waals surface area contributed by atoms with Gasteiger partial charge in [-0.1, -0.05) is 78.9 Å². The second kappa shape index (κ2) is 15.9. The second-order valence-electron chi connectivity index (χ2n) is 14.0. The number of aromatic carboxylic acids is 1. The van der Waals surface area contributed by atoms with E-state index in [-0.39, 0.29) is 28.8 Å². The van der Waals surface area contributed by atoms with Crippen molar-refractivity contribution >= 4 is 55.7 Å². The minimum absolute atomic E-state index is 0. The summed E-state index contributed by atoms with van der Waals surface area (Å²) in [5.74, 6) is 1.60. The van der Waals surface area contributed by atoms with Crippen LogP contribution in [0.5, 0.6) is 23.0 Å². The number of hydrogen-bond donors (Lipinski definition) is 1. The number of nitrogens with zero attached hydrogens (tertiary/aromatic N) is 4. The molecule has 0 saturated heterocycles. The van der Waals surface area contributed by atoms with E-state index >= 15 is 0 Å². The summed E-state index contributed by atoms with van der Waals surface area (Å²) in [5, 5.41) is 13.1. The van der Waals surface area contributed by atoms with Gasteiger partial charge in [-0.2, -0.15) is 9.59 Å². The first-order valence-electron chi connectivity index (χ1n) is 18.9. The normalized spacial score (nSPS) is 11.0. The van der Waals surface area contributed by atoms with Crippen LogP contribution in [-0.2, 0) is 26.7 Å². The molecule has 0 spiro atoms. The van der Waals surface area contributed by atoms with E-state index in [4.69, 9.17) is 39.0 Å². The molecule has 2 aliphatic rings. The Morgan fingerprint density at radius 1 is 0.443 bits per heavy atom. The first-order valence-corrected chi connectivity index (χ1v) is 18.9. The molecule has 295 valence electrons. The van der Waals surface area contributed by atoms with Gasteiger partial charge in [-0.3, -0.25) is 0 Å². The predicted octanol–water partition coefficient (Wildman–Crippen LogP) is 11.2. The van der Waals surface area contributed by atoms with Crippen LogP contribution in [0.2, 0.25) is 0 Å². The molecule has 10 nitrogen and oxygen atoms in total. The van der Waals surface area contributed by atoms with Gasteiger partial charge >= 0.3 is 29.2 Å². The molecule has 9 aromatic rings. The Kier molecular flexibility index (Phi) is 10.0. The van der Waals surface area contributed by atoms with Crippen molar-refractivity contribution in [3.8, 4) is 68.0 Å². The van der Waals surface area contributed by atoms with Crippen LogP contribution in [0.25, 0.3) is 88.6 Å². The van der Waals surface area contributed by atoms with Gasteiger partial charge in [-0.15, -0.1) is 22.1 Å². The molecule has 0 fully saturated rings. The molecule has 0 atom stereocenters. The summed E-state index contributed by atoms with van der Waals surface area (Å²) in [6, 6.07) is 52.7. The molecule has 11 rings (SSSR count). The minimum atomic E-state index is -0.991. The molecule has 0 unspecified atom stereocenters. The largest absolute Gasteiger partial charge is 2.00 e. The molecule has 1 radical (unpaired) electrons. The summed E-state index contributed by atoms with van der Waals surface area (Å²) in [7, 11) is 0. The van der Waals surface area contributed by atoms with E-state index in [1.165, 1.54) is 12.1 Å². The molecule has 3 aromatic heterocycles. The van der Waals surface area contributed by atoms with Crippen LogP contribution in [0, 0.1) is 0 Å². The zero-order chi connectivity index (χ0) is 40.7. The molecule has 6 aromatic carbocycles. The third kappa shape index (κ3) is 7.22. The quantitative estimate of drug-likeness (QED) is 0.166. The van der Waals surface area contributed by atoms with Gasteiger partial charge in [0.1, 0.15) is 23.0 Å². The van der Waals surface area contributed by atoms with Crippen molar-refractivity contribution in [2.75, 3.05) is 0 Å². The molecule has 0 saturated carbocycles. The number of carboxylic acid groups (broad SMARTS) is 1. The van der Waals surface area contributed by atoms with Gasteiger partial charge in [0.25, 0.3) is 0 Å². The standard InChI is InChI=1S/C49H29N4O4.CO2.Cu/c54-49(55)28-14-16-30(17-15-28)57-32-19-21-38-40(23-32)48-27-44-36-13-7-5-11-34(36)41(51-44)24-45-37-20-18-31(56-29-8-2-1-3-9-29)22-39(37)47(52-45)26-43-35-12-6-4-10-33(35)42(50-43)25-46(38)53-48;2-1-3;/h1-27H,(H2-,50,51,52,53,54,55);;/q-1;;+2/p-1. The molecule has 61 heavy (non-hydrogen) atoms.